The van der Waals surface area contributed by atoms with Crippen molar-refractivity contribution >= 4 is 34.8 Å². The highest BCUT2D eigenvalue weighted by Gasteiger charge is 2.20. The van der Waals surface area contributed by atoms with Crippen molar-refractivity contribution in [1.82, 2.24) is 10.3 Å². The fraction of sp³-hybridized carbons (Fsp3) is 0.0769. The summed E-state index contributed by atoms with van der Waals surface area (Å²) in [5, 5.41) is 13.2. The Morgan fingerprint density at radius 1 is 1.33 bits per heavy atom. The number of benzene rings is 1. The zero-order valence-electron chi connectivity index (χ0n) is 10.5. The van der Waals surface area contributed by atoms with Crippen molar-refractivity contribution in [3.8, 4) is 0 Å². The average Bonchev–Trinajstić information content (AvgIpc) is 2.48. The van der Waals surface area contributed by atoms with Crippen LogP contribution < -0.4 is 5.32 Å². The van der Waals surface area contributed by atoms with E-state index in [9.17, 15) is 14.9 Å². The van der Waals surface area contributed by atoms with E-state index in [0.717, 1.165) is 6.07 Å². The molecule has 2 rings (SSSR count). The minimum atomic E-state index is -0.691. The molecule has 6 nitrogen and oxygen atoms in total. The highest BCUT2D eigenvalue weighted by molar-refractivity contribution is 6.43. The second-order valence-electron chi connectivity index (χ2n) is 4.05. The molecule has 0 saturated heterocycles. The van der Waals surface area contributed by atoms with Crippen molar-refractivity contribution in [1.29, 1.82) is 0 Å². The number of pyridine rings is 1. The molecule has 1 aromatic heterocycles. The summed E-state index contributed by atoms with van der Waals surface area (Å²) >= 11 is 11.5. The fourth-order valence-corrected chi connectivity index (χ4v) is 2.01. The predicted octanol–water partition coefficient (Wildman–Crippen LogP) is 3.23. The summed E-state index contributed by atoms with van der Waals surface area (Å²) in [4.78, 5) is 26.2. The summed E-state index contributed by atoms with van der Waals surface area (Å²) in [6.45, 7) is 0.202. The van der Waals surface area contributed by atoms with Crippen LogP contribution in [0, 0.1) is 10.1 Å². The molecular weight excluding hydrogens is 317 g/mol. The first-order chi connectivity index (χ1) is 9.99. The number of hydrogen-bond donors (Lipinski definition) is 1. The molecule has 0 aliphatic heterocycles. The fourth-order valence-electron chi connectivity index (χ4n) is 1.61. The number of halogens is 2. The van der Waals surface area contributed by atoms with Gasteiger partial charge in [-0.2, -0.15) is 0 Å². The van der Waals surface area contributed by atoms with Crippen LogP contribution in [0.1, 0.15) is 16.1 Å². The SMILES string of the molecule is O=C(NCc1ccccn1)c1cc(Cl)c(Cl)c([N+](=O)[O-])c1. The third-order valence-electron chi connectivity index (χ3n) is 2.62. The van der Waals surface area contributed by atoms with Gasteiger partial charge in [-0.05, 0) is 18.2 Å². The highest BCUT2D eigenvalue weighted by atomic mass is 35.5. The molecule has 21 heavy (non-hydrogen) atoms. The standard InChI is InChI=1S/C13H9Cl2N3O3/c14-10-5-8(6-11(12(10)15)18(20)21)13(19)17-7-9-3-1-2-4-16-9/h1-6H,7H2,(H,17,19). The number of nitro groups is 1. The summed E-state index contributed by atoms with van der Waals surface area (Å²) in [6, 6.07) is 7.66. The normalized spacial score (nSPS) is 10.2. The van der Waals surface area contributed by atoms with Gasteiger partial charge >= 0.3 is 0 Å². The first-order valence-corrected chi connectivity index (χ1v) is 6.56. The molecule has 1 heterocycles. The predicted molar refractivity (Wildman–Crippen MR) is 78.5 cm³/mol. The number of carbonyl (C=O) groups is 1. The molecule has 2 aromatic rings. The summed E-state index contributed by atoms with van der Waals surface area (Å²) in [6.07, 6.45) is 1.60. The van der Waals surface area contributed by atoms with Crippen molar-refractivity contribution in [2.24, 2.45) is 0 Å². The number of nitrogens with one attached hydrogen (secondary N) is 1. The number of aromatic nitrogens is 1. The molecule has 0 atom stereocenters. The van der Waals surface area contributed by atoms with Crippen LogP contribution in [0.2, 0.25) is 10.0 Å². The molecule has 0 aliphatic rings. The summed E-state index contributed by atoms with van der Waals surface area (Å²) < 4.78 is 0. The smallest absolute Gasteiger partial charge is 0.290 e. The van der Waals surface area contributed by atoms with E-state index in [1.807, 2.05) is 0 Å². The number of carbonyl (C=O) groups excluding carboxylic acids is 1. The lowest BCUT2D eigenvalue weighted by Crippen LogP contribution is -2.23. The number of nitro benzene ring substituents is 1. The van der Waals surface area contributed by atoms with Gasteiger partial charge in [-0.3, -0.25) is 19.9 Å². The summed E-state index contributed by atoms with van der Waals surface area (Å²) in [5.41, 5.74) is 0.319. The van der Waals surface area contributed by atoms with Gasteiger partial charge in [-0.15, -0.1) is 0 Å². The summed E-state index contributed by atoms with van der Waals surface area (Å²) in [5.74, 6) is -0.498. The van der Waals surface area contributed by atoms with E-state index >= 15 is 0 Å². The Bertz CT molecular complexity index is 693. The van der Waals surface area contributed by atoms with Gasteiger partial charge in [0.05, 0.1) is 22.2 Å². The van der Waals surface area contributed by atoms with E-state index in [-0.39, 0.29) is 22.2 Å². The Morgan fingerprint density at radius 2 is 2.10 bits per heavy atom. The Balaban J connectivity index is 2.18. The van der Waals surface area contributed by atoms with Crippen LogP contribution in [0.5, 0.6) is 0 Å². The molecule has 1 amide bonds. The maximum atomic E-state index is 12.0. The van der Waals surface area contributed by atoms with E-state index in [4.69, 9.17) is 23.2 Å². The molecule has 0 saturated carbocycles. The molecule has 0 aliphatic carbocycles. The first-order valence-electron chi connectivity index (χ1n) is 5.80. The van der Waals surface area contributed by atoms with E-state index in [1.165, 1.54) is 6.07 Å². The molecule has 0 spiro atoms. The van der Waals surface area contributed by atoms with Gasteiger partial charge < -0.3 is 5.32 Å². The van der Waals surface area contributed by atoms with Crippen LogP contribution in [-0.2, 0) is 6.54 Å². The van der Waals surface area contributed by atoms with Crippen LogP contribution in [0.3, 0.4) is 0 Å². The van der Waals surface area contributed by atoms with Crippen molar-refractivity contribution in [2.45, 2.75) is 6.54 Å². The van der Waals surface area contributed by atoms with Crippen molar-refractivity contribution in [3.63, 3.8) is 0 Å². The molecule has 0 radical (unpaired) electrons. The molecule has 0 bridgehead atoms. The molecule has 8 heteroatoms. The van der Waals surface area contributed by atoms with Gasteiger partial charge in [0.2, 0.25) is 0 Å². The van der Waals surface area contributed by atoms with E-state index < -0.39 is 16.5 Å². The van der Waals surface area contributed by atoms with Gasteiger partial charge in [0, 0.05) is 17.8 Å². The highest BCUT2D eigenvalue weighted by Crippen LogP contribution is 2.33. The minimum absolute atomic E-state index is 0.0474. The Kier molecular flexibility index (Phi) is 4.72. The zero-order valence-corrected chi connectivity index (χ0v) is 12.1. The van der Waals surface area contributed by atoms with Crippen LogP contribution >= 0.6 is 23.2 Å². The first kappa shape index (κ1) is 15.2. The van der Waals surface area contributed by atoms with Gasteiger partial charge in [0.25, 0.3) is 11.6 Å². The van der Waals surface area contributed by atoms with Gasteiger partial charge in [0.1, 0.15) is 5.02 Å². The molecule has 1 aromatic carbocycles. The van der Waals surface area contributed by atoms with Crippen molar-refractivity contribution in [2.75, 3.05) is 0 Å². The number of rotatable bonds is 4. The lowest BCUT2D eigenvalue weighted by atomic mass is 10.2. The van der Waals surface area contributed by atoms with Crippen molar-refractivity contribution in [3.05, 3.63) is 67.9 Å². The van der Waals surface area contributed by atoms with Gasteiger partial charge in [-0.1, -0.05) is 29.3 Å². The third-order valence-corrected chi connectivity index (χ3v) is 3.42. The zero-order chi connectivity index (χ0) is 15.4. The Morgan fingerprint density at radius 3 is 2.71 bits per heavy atom. The monoisotopic (exact) mass is 325 g/mol. The molecular formula is C13H9Cl2N3O3. The van der Waals surface area contributed by atoms with Crippen LogP contribution in [0.15, 0.2) is 36.5 Å². The maximum absolute atomic E-state index is 12.0. The number of hydrogen-bond acceptors (Lipinski definition) is 4. The van der Waals surface area contributed by atoms with Crippen LogP contribution in [0.25, 0.3) is 0 Å². The maximum Gasteiger partial charge on any atom is 0.290 e. The lowest BCUT2D eigenvalue weighted by Gasteiger charge is -2.06. The lowest BCUT2D eigenvalue weighted by molar-refractivity contribution is -0.384. The minimum Gasteiger partial charge on any atom is -0.346 e. The topological polar surface area (TPSA) is 85.1 Å². The second kappa shape index (κ2) is 6.51. The number of amides is 1. The molecule has 108 valence electrons. The van der Waals surface area contributed by atoms with Crippen molar-refractivity contribution < 1.29 is 9.72 Å². The largest absolute Gasteiger partial charge is 0.346 e. The third kappa shape index (κ3) is 3.68. The molecule has 0 unspecified atom stereocenters. The second-order valence-corrected chi connectivity index (χ2v) is 4.84. The van der Waals surface area contributed by atoms with E-state index in [1.54, 1.807) is 24.4 Å². The van der Waals surface area contributed by atoms with Gasteiger partial charge in [0.15, 0.2) is 0 Å². The molecule has 0 fully saturated rings. The van der Waals surface area contributed by atoms with Gasteiger partial charge in [-0.25, -0.2) is 0 Å². The molecule has 1 N–H and O–H groups in total. The summed E-state index contributed by atoms with van der Waals surface area (Å²) in [7, 11) is 0. The Hall–Kier alpha value is -2.18. The van der Waals surface area contributed by atoms with Crippen LogP contribution in [-0.4, -0.2) is 15.8 Å². The Labute approximate surface area is 129 Å². The number of nitrogens with zero attached hydrogens (tertiary/aromatic N) is 2. The van der Waals surface area contributed by atoms with E-state index in [0.29, 0.717) is 5.69 Å². The van der Waals surface area contributed by atoms with Crippen LogP contribution in [0.4, 0.5) is 5.69 Å². The van der Waals surface area contributed by atoms with E-state index in [2.05, 4.69) is 10.3 Å². The average molecular weight is 326 g/mol. The quantitative estimate of drug-likeness (QED) is 0.690.